The van der Waals surface area contributed by atoms with Gasteiger partial charge in [0.15, 0.2) is 0 Å². The van der Waals surface area contributed by atoms with Gasteiger partial charge in [0.2, 0.25) is 0 Å². The molecule has 2 radical (unpaired) electrons. The van der Waals surface area contributed by atoms with Gasteiger partial charge in [-0.2, -0.15) is 0 Å². The average Bonchev–Trinajstić information content (AvgIpc) is 2.75. The molecule has 0 saturated carbocycles. The maximum absolute atomic E-state index is 6.18. The van der Waals surface area contributed by atoms with Crippen LogP contribution >= 0.6 is 11.3 Å². The second-order valence-corrected chi connectivity index (χ2v) is 5.64. The van der Waals surface area contributed by atoms with Crippen LogP contribution in [-0.2, 0) is 0 Å². The Balaban J connectivity index is 2.32. The van der Waals surface area contributed by atoms with E-state index < -0.39 is 0 Å². The molecule has 1 aromatic carbocycles. The predicted octanol–water partition coefficient (Wildman–Crippen LogP) is 2.66. The molecule has 0 aliphatic rings. The SMILES string of the molecule is [B]c1sc2nc(C)cc(N)c2c1-c1cccc(OC)c1. The quantitative estimate of drug-likeness (QED) is 0.734. The molecule has 0 aliphatic heterocycles. The summed E-state index contributed by atoms with van der Waals surface area (Å²) in [7, 11) is 7.82. The normalized spacial score (nSPS) is 10.9. The number of aromatic nitrogens is 1. The summed E-state index contributed by atoms with van der Waals surface area (Å²) in [5.41, 5.74) is 9.69. The van der Waals surface area contributed by atoms with Crippen molar-refractivity contribution in [1.29, 1.82) is 0 Å². The van der Waals surface area contributed by atoms with Crippen molar-refractivity contribution in [2.24, 2.45) is 0 Å². The molecule has 2 heterocycles. The van der Waals surface area contributed by atoms with E-state index in [9.17, 15) is 0 Å². The van der Waals surface area contributed by atoms with E-state index in [0.717, 1.165) is 37.6 Å². The minimum atomic E-state index is 0.707. The summed E-state index contributed by atoms with van der Waals surface area (Å²) in [5.74, 6) is 0.792. The Labute approximate surface area is 122 Å². The van der Waals surface area contributed by atoms with Crippen molar-refractivity contribution in [3.8, 4) is 16.9 Å². The van der Waals surface area contributed by atoms with Gasteiger partial charge >= 0.3 is 0 Å². The molecule has 98 valence electrons. The van der Waals surface area contributed by atoms with Crippen molar-refractivity contribution in [1.82, 2.24) is 4.98 Å². The van der Waals surface area contributed by atoms with Crippen molar-refractivity contribution < 1.29 is 4.74 Å². The van der Waals surface area contributed by atoms with Gasteiger partial charge in [0.05, 0.1) is 7.11 Å². The molecule has 3 nitrogen and oxygen atoms in total. The number of fused-ring (bicyclic) bond motifs is 1. The molecular weight excluding hydrogens is 267 g/mol. The minimum Gasteiger partial charge on any atom is -0.497 e. The first kappa shape index (κ1) is 13.0. The van der Waals surface area contributed by atoms with Crippen molar-refractivity contribution in [3.05, 3.63) is 36.0 Å². The van der Waals surface area contributed by atoms with Gasteiger partial charge in [0, 0.05) is 16.8 Å². The van der Waals surface area contributed by atoms with Gasteiger partial charge < -0.3 is 10.5 Å². The summed E-state index contributed by atoms with van der Waals surface area (Å²) in [5, 5.41) is 0.923. The van der Waals surface area contributed by atoms with Gasteiger partial charge in [-0.1, -0.05) is 12.1 Å². The van der Waals surface area contributed by atoms with Crippen LogP contribution in [0.25, 0.3) is 21.3 Å². The lowest BCUT2D eigenvalue weighted by Crippen LogP contribution is -2.00. The highest BCUT2D eigenvalue weighted by Crippen LogP contribution is 2.35. The number of methoxy groups -OCH3 is 1. The van der Waals surface area contributed by atoms with E-state index in [1.807, 2.05) is 37.3 Å². The summed E-state index contributed by atoms with van der Waals surface area (Å²) >= 11 is 1.46. The first-order chi connectivity index (χ1) is 9.60. The van der Waals surface area contributed by atoms with Crippen LogP contribution in [0.5, 0.6) is 5.75 Å². The molecule has 2 N–H and O–H groups in total. The van der Waals surface area contributed by atoms with Crippen molar-refractivity contribution >= 4 is 39.9 Å². The number of nitrogens with zero attached hydrogens (tertiary/aromatic N) is 1. The molecule has 0 saturated heterocycles. The zero-order chi connectivity index (χ0) is 14.3. The lowest BCUT2D eigenvalue weighted by molar-refractivity contribution is 0.415. The third kappa shape index (κ3) is 2.04. The van der Waals surface area contributed by atoms with Crippen LogP contribution in [0.4, 0.5) is 5.69 Å². The Morgan fingerprint density at radius 3 is 2.85 bits per heavy atom. The summed E-state index contributed by atoms with van der Waals surface area (Å²) in [6.45, 7) is 1.93. The smallest absolute Gasteiger partial charge is 0.129 e. The third-order valence-corrected chi connectivity index (χ3v) is 4.12. The number of nitrogen functional groups attached to an aromatic ring is 1. The van der Waals surface area contributed by atoms with Crippen LogP contribution in [0.1, 0.15) is 5.69 Å². The number of thiophene rings is 1. The lowest BCUT2D eigenvalue weighted by atomic mass is 9.94. The number of anilines is 1. The fourth-order valence-corrected chi connectivity index (χ4v) is 3.38. The number of pyridine rings is 1. The van der Waals surface area contributed by atoms with E-state index in [0.29, 0.717) is 5.69 Å². The second kappa shape index (κ2) is 4.83. The first-order valence-electron chi connectivity index (χ1n) is 6.19. The van der Waals surface area contributed by atoms with E-state index in [1.54, 1.807) is 7.11 Å². The van der Waals surface area contributed by atoms with Crippen LogP contribution < -0.4 is 15.2 Å². The Morgan fingerprint density at radius 1 is 1.30 bits per heavy atom. The van der Waals surface area contributed by atoms with Crippen LogP contribution in [0.15, 0.2) is 30.3 Å². The van der Waals surface area contributed by atoms with Gasteiger partial charge in [-0.05, 0) is 41.0 Å². The number of benzene rings is 1. The summed E-state index contributed by atoms with van der Waals surface area (Å²) < 4.78 is 5.99. The molecule has 0 bridgehead atoms. The third-order valence-electron chi connectivity index (χ3n) is 3.21. The number of rotatable bonds is 2. The molecule has 0 fully saturated rings. The molecule has 2 aromatic heterocycles. The minimum absolute atomic E-state index is 0.707. The number of hydrogen-bond donors (Lipinski definition) is 1. The van der Waals surface area contributed by atoms with E-state index in [1.165, 1.54) is 11.3 Å². The molecule has 0 atom stereocenters. The van der Waals surface area contributed by atoms with E-state index >= 15 is 0 Å². The summed E-state index contributed by atoms with van der Waals surface area (Å²) in [4.78, 5) is 5.39. The number of ether oxygens (including phenoxy) is 1. The van der Waals surface area contributed by atoms with Crippen molar-refractivity contribution in [2.45, 2.75) is 6.92 Å². The first-order valence-corrected chi connectivity index (χ1v) is 7.01. The highest BCUT2D eigenvalue weighted by Gasteiger charge is 2.15. The maximum atomic E-state index is 6.18. The number of hydrogen-bond acceptors (Lipinski definition) is 4. The lowest BCUT2D eigenvalue weighted by Gasteiger charge is -2.07. The molecule has 3 aromatic rings. The number of nitrogens with two attached hydrogens (primary N) is 1. The molecule has 20 heavy (non-hydrogen) atoms. The summed E-state index contributed by atoms with van der Waals surface area (Å²) in [6.07, 6.45) is 0. The molecule has 5 heteroatoms. The van der Waals surface area contributed by atoms with Crippen LogP contribution in [0.3, 0.4) is 0 Å². The van der Waals surface area contributed by atoms with Gasteiger partial charge in [-0.25, -0.2) is 4.98 Å². The van der Waals surface area contributed by atoms with Crippen LogP contribution in [0.2, 0.25) is 0 Å². The fourth-order valence-electron chi connectivity index (χ4n) is 2.34. The molecule has 3 rings (SSSR count). The van der Waals surface area contributed by atoms with Gasteiger partial charge in [0.1, 0.15) is 18.4 Å². The second-order valence-electron chi connectivity index (χ2n) is 4.61. The van der Waals surface area contributed by atoms with E-state index in [-0.39, 0.29) is 0 Å². The Bertz CT molecular complexity index is 798. The Morgan fingerprint density at radius 2 is 2.10 bits per heavy atom. The largest absolute Gasteiger partial charge is 0.497 e. The standard InChI is InChI=1S/C15H13BN2OS/c1-8-6-11(17)13-12(14(16)20-15(13)18-8)9-4-3-5-10(7-9)19-2/h3-7H,1-2H3,(H2,17,18). The number of aryl methyl sites for hydroxylation is 1. The van der Waals surface area contributed by atoms with Crippen molar-refractivity contribution in [2.75, 3.05) is 12.8 Å². The summed E-state index contributed by atoms with van der Waals surface area (Å²) in [6, 6.07) is 9.67. The van der Waals surface area contributed by atoms with Gasteiger partial charge in [-0.15, -0.1) is 11.3 Å². The highest BCUT2D eigenvalue weighted by molar-refractivity contribution is 7.26. The molecular formula is C15H13BN2OS. The molecule has 0 spiro atoms. The van der Waals surface area contributed by atoms with Gasteiger partial charge in [-0.3, -0.25) is 0 Å². The van der Waals surface area contributed by atoms with Gasteiger partial charge in [0.25, 0.3) is 0 Å². The maximum Gasteiger partial charge on any atom is 0.129 e. The van der Waals surface area contributed by atoms with Crippen LogP contribution in [-0.4, -0.2) is 19.9 Å². The van der Waals surface area contributed by atoms with E-state index in [2.05, 4.69) is 4.98 Å². The monoisotopic (exact) mass is 280 g/mol. The highest BCUT2D eigenvalue weighted by atomic mass is 32.1. The average molecular weight is 280 g/mol. The predicted molar refractivity (Wildman–Crippen MR) is 86.1 cm³/mol. The van der Waals surface area contributed by atoms with Crippen molar-refractivity contribution in [3.63, 3.8) is 0 Å². The van der Waals surface area contributed by atoms with Crippen LogP contribution in [0, 0.1) is 6.92 Å². The zero-order valence-corrected chi connectivity index (χ0v) is 12.1. The molecule has 0 amide bonds. The Kier molecular flexibility index (Phi) is 3.14. The zero-order valence-electron chi connectivity index (χ0n) is 11.3. The Hall–Kier alpha value is -2.01. The topological polar surface area (TPSA) is 48.1 Å². The molecule has 0 unspecified atom stereocenters. The fraction of sp³-hybridized carbons (Fsp3) is 0.133. The molecule has 0 aliphatic carbocycles. The van der Waals surface area contributed by atoms with E-state index in [4.69, 9.17) is 18.3 Å².